The lowest BCUT2D eigenvalue weighted by Crippen LogP contribution is -2.44. The molecule has 3 aliphatic rings. The van der Waals surface area contributed by atoms with Gasteiger partial charge in [0.05, 0.1) is 17.1 Å². The van der Waals surface area contributed by atoms with Gasteiger partial charge in [0.25, 0.3) is 0 Å². The summed E-state index contributed by atoms with van der Waals surface area (Å²) >= 11 is 0. The fourth-order valence-electron chi connectivity index (χ4n) is 4.84. The molecule has 0 N–H and O–H groups in total. The molecule has 1 atom stereocenters. The van der Waals surface area contributed by atoms with Crippen LogP contribution in [0.25, 0.3) is 0 Å². The van der Waals surface area contributed by atoms with Gasteiger partial charge in [-0.25, -0.2) is 18.4 Å². The lowest BCUT2D eigenvalue weighted by Gasteiger charge is -2.32. The number of amides is 1. The number of carbonyl (C=O) groups is 1. The lowest BCUT2D eigenvalue weighted by atomic mass is 10.00. The van der Waals surface area contributed by atoms with Crippen LogP contribution in [-0.2, 0) is 27.7 Å². The largest absolute Gasteiger partial charge is 0.459 e. The van der Waals surface area contributed by atoms with Crippen LogP contribution < -0.4 is 9.64 Å². The van der Waals surface area contributed by atoms with Gasteiger partial charge in [0.15, 0.2) is 0 Å². The Balaban J connectivity index is 1.39. The van der Waals surface area contributed by atoms with E-state index in [1.807, 2.05) is 19.9 Å². The molecule has 8 nitrogen and oxygen atoms in total. The molecule has 1 saturated heterocycles. The third-order valence-electron chi connectivity index (χ3n) is 6.24. The first-order valence-corrected chi connectivity index (χ1v) is 12.2. The van der Waals surface area contributed by atoms with Gasteiger partial charge in [-0.05, 0) is 68.9 Å². The highest BCUT2D eigenvalue weighted by molar-refractivity contribution is 7.89. The minimum atomic E-state index is -3.66. The Bertz CT molecular complexity index is 1140. The Hall–Kier alpha value is -2.52. The van der Waals surface area contributed by atoms with E-state index in [0.29, 0.717) is 43.3 Å². The van der Waals surface area contributed by atoms with Crippen molar-refractivity contribution >= 4 is 21.6 Å². The molecule has 0 radical (unpaired) electrons. The number of hydrogen-bond donors (Lipinski definition) is 0. The van der Waals surface area contributed by atoms with Crippen LogP contribution >= 0.6 is 0 Å². The predicted octanol–water partition coefficient (Wildman–Crippen LogP) is 2.16. The standard InChI is InChI=1S/C22H26N4O4S/c1-14-10-15(2)24-22(23-14)30-18-4-3-8-25(13-18)31(28,29)19-11-16-5-6-20(27)26-9-7-17(12-19)21(16)26/h10-12,18H,3-9,13H2,1-2H3/t18-/m0/s1. The smallest absolute Gasteiger partial charge is 0.317 e. The summed E-state index contributed by atoms with van der Waals surface area (Å²) in [4.78, 5) is 22.9. The molecule has 31 heavy (non-hydrogen) atoms. The Morgan fingerprint density at radius 2 is 1.71 bits per heavy atom. The molecule has 1 aromatic carbocycles. The molecule has 1 aromatic heterocycles. The van der Waals surface area contributed by atoms with Crippen LogP contribution in [0.4, 0.5) is 5.69 Å². The van der Waals surface area contributed by atoms with Crippen LogP contribution in [0.1, 0.15) is 41.8 Å². The predicted molar refractivity (Wildman–Crippen MR) is 115 cm³/mol. The van der Waals surface area contributed by atoms with E-state index < -0.39 is 10.0 Å². The fraction of sp³-hybridized carbons (Fsp3) is 0.500. The zero-order valence-corrected chi connectivity index (χ0v) is 18.6. The molecule has 0 unspecified atom stereocenters. The van der Waals surface area contributed by atoms with Crippen LogP contribution in [-0.4, -0.2) is 54.3 Å². The molecule has 0 spiro atoms. The highest BCUT2D eigenvalue weighted by Gasteiger charge is 2.36. The number of ether oxygens (including phenoxy) is 1. The van der Waals surface area contributed by atoms with Gasteiger partial charge in [0.1, 0.15) is 6.10 Å². The molecule has 3 aliphatic heterocycles. The van der Waals surface area contributed by atoms with Gasteiger partial charge in [0, 0.05) is 30.9 Å². The molecule has 5 rings (SSSR count). The minimum Gasteiger partial charge on any atom is -0.459 e. The zero-order valence-electron chi connectivity index (χ0n) is 17.8. The Kier molecular flexibility index (Phi) is 4.97. The first kappa shape index (κ1) is 20.4. The average Bonchev–Trinajstić information content (AvgIpc) is 3.15. The minimum absolute atomic E-state index is 0.131. The number of carbonyl (C=O) groups excluding carboxylic acids is 1. The summed E-state index contributed by atoms with van der Waals surface area (Å²) in [6.45, 7) is 5.14. The highest BCUT2D eigenvalue weighted by Crippen LogP contribution is 2.39. The van der Waals surface area contributed by atoms with E-state index >= 15 is 0 Å². The maximum absolute atomic E-state index is 13.5. The normalized spacial score (nSPS) is 21.3. The van der Waals surface area contributed by atoms with Gasteiger partial charge < -0.3 is 9.64 Å². The number of aryl methyl sites for hydroxylation is 3. The van der Waals surface area contributed by atoms with Gasteiger partial charge in [-0.15, -0.1) is 0 Å². The molecule has 0 bridgehead atoms. The van der Waals surface area contributed by atoms with E-state index in [-0.39, 0.29) is 18.6 Å². The number of aromatic nitrogens is 2. The first-order valence-electron chi connectivity index (χ1n) is 10.8. The summed E-state index contributed by atoms with van der Waals surface area (Å²) in [5.74, 6) is 0.131. The fourth-order valence-corrected chi connectivity index (χ4v) is 6.45. The molecule has 164 valence electrons. The monoisotopic (exact) mass is 442 g/mol. The van der Waals surface area contributed by atoms with Crippen molar-refractivity contribution in [1.82, 2.24) is 14.3 Å². The summed E-state index contributed by atoms with van der Waals surface area (Å²) in [7, 11) is -3.66. The topological polar surface area (TPSA) is 92.7 Å². The Labute approximate surface area is 182 Å². The zero-order chi connectivity index (χ0) is 21.8. The van der Waals surface area contributed by atoms with Crippen molar-refractivity contribution in [3.8, 4) is 6.01 Å². The third kappa shape index (κ3) is 3.70. The van der Waals surface area contributed by atoms with E-state index in [1.54, 1.807) is 17.0 Å². The maximum atomic E-state index is 13.5. The summed E-state index contributed by atoms with van der Waals surface area (Å²) in [6, 6.07) is 5.69. The number of anilines is 1. The van der Waals surface area contributed by atoms with E-state index in [9.17, 15) is 13.2 Å². The third-order valence-corrected chi connectivity index (χ3v) is 8.08. The van der Waals surface area contributed by atoms with Gasteiger partial charge in [-0.3, -0.25) is 4.79 Å². The highest BCUT2D eigenvalue weighted by atomic mass is 32.2. The summed E-state index contributed by atoms with van der Waals surface area (Å²) in [5.41, 5.74) is 4.49. The number of hydrogen-bond acceptors (Lipinski definition) is 6. The maximum Gasteiger partial charge on any atom is 0.317 e. The summed E-state index contributed by atoms with van der Waals surface area (Å²) in [6.07, 6.45) is 2.92. The number of nitrogens with zero attached hydrogens (tertiary/aromatic N) is 4. The van der Waals surface area contributed by atoms with Gasteiger partial charge in [-0.2, -0.15) is 4.31 Å². The van der Waals surface area contributed by atoms with E-state index in [0.717, 1.165) is 41.0 Å². The van der Waals surface area contributed by atoms with Crippen molar-refractivity contribution in [2.75, 3.05) is 24.5 Å². The van der Waals surface area contributed by atoms with Crippen LogP contribution in [0.5, 0.6) is 6.01 Å². The van der Waals surface area contributed by atoms with E-state index in [2.05, 4.69) is 9.97 Å². The Morgan fingerprint density at radius 3 is 2.45 bits per heavy atom. The first-order chi connectivity index (χ1) is 14.8. The van der Waals surface area contributed by atoms with Crippen molar-refractivity contribution in [2.24, 2.45) is 0 Å². The molecule has 4 heterocycles. The van der Waals surface area contributed by atoms with Crippen molar-refractivity contribution < 1.29 is 17.9 Å². The van der Waals surface area contributed by atoms with Gasteiger partial charge in [-0.1, -0.05) is 0 Å². The summed E-state index contributed by atoms with van der Waals surface area (Å²) in [5, 5.41) is 0. The molecule has 9 heteroatoms. The second-order valence-corrected chi connectivity index (χ2v) is 10.5. The van der Waals surface area contributed by atoms with Crippen LogP contribution in [0.15, 0.2) is 23.1 Å². The van der Waals surface area contributed by atoms with Crippen LogP contribution in [0, 0.1) is 13.8 Å². The quantitative estimate of drug-likeness (QED) is 0.721. The van der Waals surface area contributed by atoms with Crippen molar-refractivity contribution in [2.45, 2.75) is 57.0 Å². The van der Waals surface area contributed by atoms with Crippen LogP contribution in [0.3, 0.4) is 0 Å². The van der Waals surface area contributed by atoms with Crippen LogP contribution in [0.2, 0.25) is 0 Å². The number of benzene rings is 1. The molecular formula is C22H26N4O4S. The van der Waals surface area contributed by atoms with Gasteiger partial charge in [0.2, 0.25) is 15.9 Å². The van der Waals surface area contributed by atoms with E-state index in [4.69, 9.17) is 4.74 Å². The average molecular weight is 443 g/mol. The van der Waals surface area contributed by atoms with Gasteiger partial charge >= 0.3 is 6.01 Å². The number of piperidine rings is 1. The molecule has 0 saturated carbocycles. The number of rotatable bonds is 4. The molecular weight excluding hydrogens is 416 g/mol. The summed E-state index contributed by atoms with van der Waals surface area (Å²) < 4.78 is 34.4. The van der Waals surface area contributed by atoms with E-state index in [1.165, 1.54) is 4.31 Å². The lowest BCUT2D eigenvalue weighted by molar-refractivity contribution is -0.118. The second-order valence-electron chi connectivity index (χ2n) is 8.56. The molecule has 1 amide bonds. The second kappa shape index (κ2) is 7.56. The number of sulfonamides is 1. The molecule has 1 fully saturated rings. The molecule has 0 aliphatic carbocycles. The van der Waals surface area contributed by atoms with Crippen molar-refractivity contribution in [3.63, 3.8) is 0 Å². The molecule has 2 aromatic rings. The Morgan fingerprint density at radius 1 is 1.00 bits per heavy atom. The van der Waals surface area contributed by atoms with Crippen molar-refractivity contribution in [3.05, 3.63) is 40.7 Å². The SMILES string of the molecule is Cc1cc(C)nc(O[C@H]2CCCN(S(=O)(=O)c3cc4c5c(c3)CCN5C(=O)CC4)C2)n1. The van der Waals surface area contributed by atoms with Crippen molar-refractivity contribution in [1.29, 1.82) is 0 Å².